The van der Waals surface area contributed by atoms with Crippen LogP contribution in [0.1, 0.15) is 17.0 Å². The molecule has 2 rings (SSSR count). The fourth-order valence-electron chi connectivity index (χ4n) is 1.72. The summed E-state index contributed by atoms with van der Waals surface area (Å²) >= 11 is 0. The maximum atomic E-state index is 10.1. The first-order chi connectivity index (χ1) is 10.1. The Morgan fingerprint density at radius 3 is 2.57 bits per heavy atom. The van der Waals surface area contributed by atoms with Crippen LogP contribution in [0.5, 0.6) is 11.5 Å². The minimum absolute atomic E-state index is 0.161. The number of benzene rings is 1. The second-order valence-corrected chi connectivity index (χ2v) is 4.31. The summed E-state index contributed by atoms with van der Waals surface area (Å²) in [6, 6.07) is 10.1. The molecule has 0 amide bonds. The maximum Gasteiger partial charge on any atom is 0.294 e. The summed E-state index contributed by atoms with van der Waals surface area (Å²) in [5, 5.41) is 18.9. The van der Waals surface area contributed by atoms with Gasteiger partial charge in [-0.25, -0.2) is 0 Å². The van der Waals surface area contributed by atoms with Gasteiger partial charge in [0, 0.05) is 5.56 Å². The second-order valence-electron chi connectivity index (χ2n) is 4.31. The molecule has 2 aromatic rings. The van der Waals surface area contributed by atoms with E-state index in [-0.39, 0.29) is 19.0 Å². The quantitative estimate of drug-likeness (QED) is 0.648. The Hall–Kier alpha value is -2.83. The zero-order valence-electron chi connectivity index (χ0n) is 11.4. The molecule has 7 heteroatoms. The van der Waals surface area contributed by atoms with Crippen molar-refractivity contribution in [2.45, 2.75) is 20.1 Å². The molecule has 0 fully saturated rings. The Morgan fingerprint density at radius 2 is 1.86 bits per heavy atom. The summed E-state index contributed by atoms with van der Waals surface area (Å²) in [5.74, 6) is 0.720. The van der Waals surface area contributed by atoms with Crippen LogP contribution in [0.2, 0.25) is 0 Å². The summed E-state index contributed by atoms with van der Waals surface area (Å²) in [7, 11) is 0. The Bertz CT molecular complexity index is 645. The molecule has 0 bridgehead atoms. The Labute approximate surface area is 120 Å². The van der Waals surface area contributed by atoms with Crippen molar-refractivity contribution >= 4 is 0 Å². The summed E-state index contributed by atoms with van der Waals surface area (Å²) in [4.78, 5) is 18.6. The number of pyridine rings is 1. The van der Waals surface area contributed by atoms with Crippen LogP contribution in [-0.2, 0) is 18.1 Å². The molecule has 1 aromatic heterocycles. The van der Waals surface area contributed by atoms with E-state index in [4.69, 9.17) is 4.74 Å². The van der Waals surface area contributed by atoms with Crippen LogP contribution in [0, 0.1) is 17.0 Å². The fraction of sp³-hybridized carbons (Fsp3) is 0.214. The van der Waals surface area contributed by atoms with Crippen molar-refractivity contribution in [1.82, 2.24) is 4.98 Å². The summed E-state index contributed by atoms with van der Waals surface area (Å²) in [5.41, 5.74) is 1.70. The van der Waals surface area contributed by atoms with E-state index < -0.39 is 5.09 Å². The number of aromatic hydroxyl groups is 1. The molecule has 0 aliphatic rings. The van der Waals surface area contributed by atoms with E-state index in [2.05, 4.69) is 9.82 Å². The van der Waals surface area contributed by atoms with Crippen molar-refractivity contribution in [2.24, 2.45) is 0 Å². The van der Waals surface area contributed by atoms with E-state index >= 15 is 0 Å². The molecule has 110 valence electrons. The first-order valence-electron chi connectivity index (χ1n) is 6.20. The van der Waals surface area contributed by atoms with Gasteiger partial charge in [-0.05, 0) is 31.2 Å². The average molecular weight is 290 g/mol. The summed E-state index contributed by atoms with van der Waals surface area (Å²) < 4.78 is 5.59. The van der Waals surface area contributed by atoms with Gasteiger partial charge in [0.05, 0.1) is 11.4 Å². The SMILES string of the molecule is Cc1c(O)cccc1OCc1cccc(CO[N+](=O)[O-])n1. The van der Waals surface area contributed by atoms with Crippen LogP contribution in [0.25, 0.3) is 0 Å². The highest BCUT2D eigenvalue weighted by Gasteiger charge is 2.05. The molecule has 0 atom stereocenters. The number of hydrogen-bond acceptors (Lipinski definition) is 6. The van der Waals surface area contributed by atoms with Gasteiger partial charge in [-0.2, -0.15) is 0 Å². The molecule has 1 aromatic carbocycles. The maximum absolute atomic E-state index is 10.1. The van der Waals surface area contributed by atoms with E-state index in [0.717, 1.165) is 0 Å². The lowest BCUT2D eigenvalue weighted by atomic mass is 10.2. The molecule has 0 saturated carbocycles. The van der Waals surface area contributed by atoms with Gasteiger partial charge >= 0.3 is 0 Å². The number of hydrogen-bond donors (Lipinski definition) is 1. The van der Waals surface area contributed by atoms with Gasteiger partial charge in [0.2, 0.25) is 0 Å². The zero-order valence-corrected chi connectivity index (χ0v) is 11.4. The van der Waals surface area contributed by atoms with Gasteiger partial charge in [-0.1, -0.05) is 12.1 Å². The molecule has 1 heterocycles. The largest absolute Gasteiger partial charge is 0.508 e. The van der Waals surface area contributed by atoms with Gasteiger partial charge in [0.15, 0.2) is 0 Å². The fourth-order valence-corrected chi connectivity index (χ4v) is 1.72. The number of ether oxygens (including phenoxy) is 1. The topological polar surface area (TPSA) is 94.7 Å². The molecule has 21 heavy (non-hydrogen) atoms. The molecule has 0 unspecified atom stereocenters. The molecule has 0 aliphatic heterocycles. The van der Waals surface area contributed by atoms with Crippen LogP contribution in [0.3, 0.4) is 0 Å². The highest BCUT2D eigenvalue weighted by atomic mass is 16.9. The lowest BCUT2D eigenvalue weighted by Gasteiger charge is -2.10. The van der Waals surface area contributed by atoms with Gasteiger partial charge in [-0.3, -0.25) is 4.98 Å². The zero-order chi connectivity index (χ0) is 15.2. The van der Waals surface area contributed by atoms with E-state index in [1.165, 1.54) is 0 Å². The number of rotatable bonds is 6. The number of nitrogens with zero attached hydrogens (tertiary/aromatic N) is 2. The van der Waals surface area contributed by atoms with Crippen molar-refractivity contribution in [3.8, 4) is 11.5 Å². The van der Waals surface area contributed by atoms with E-state index in [1.54, 1.807) is 43.3 Å². The van der Waals surface area contributed by atoms with Crippen LogP contribution in [0.15, 0.2) is 36.4 Å². The molecule has 7 nitrogen and oxygen atoms in total. The molecular formula is C14H14N2O5. The molecule has 0 saturated heterocycles. The molecule has 0 spiro atoms. The van der Waals surface area contributed by atoms with E-state index in [1.807, 2.05) is 0 Å². The van der Waals surface area contributed by atoms with Crippen molar-refractivity contribution in [1.29, 1.82) is 0 Å². The minimum atomic E-state index is -0.860. The highest BCUT2D eigenvalue weighted by Crippen LogP contribution is 2.26. The predicted molar refractivity (Wildman–Crippen MR) is 73.2 cm³/mol. The van der Waals surface area contributed by atoms with Crippen molar-refractivity contribution in [3.63, 3.8) is 0 Å². The second kappa shape index (κ2) is 6.56. The third kappa shape index (κ3) is 4.07. The number of phenolic OH excluding ortho intramolecular Hbond substituents is 1. The summed E-state index contributed by atoms with van der Waals surface area (Å²) in [6.07, 6.45) is 0. The standard InChI is InChI=1S/C14H14N2O5/c1-10-13(17)6-3-7-14(10)20-8-11-4-2-5-12(15-11)9-21-16(18)19/h2-7,17H,8-9H2,1H3. The first kappa shape index (κ1) is 14.6. The Morgan fingerprint density at radius 1 is 1.19 bits per heavy atom. The average Bonchev–Trinajstić information content (AvgIpc) is 2.47. The number of aromatic nitrogens is 1. The predicted octanol–water partition coefficient (Wildman–Crippen LogP) is 2.38. The van der Waals surface area contributed by atoms with Crippen LogP contribution >= 0.6 is 0 Å². The third-order valence-corrected chi connectivity index (χ3v) is 2.81. The Kier molecular flexibility index (Phi) is 4.55. The van der Waals surface area contributed by atoms with Gasteiger partial charge in [-0.15, -0.1) is 10.1 Å². The lowest BCUT2D eigenvalue weighted by molar-refractivity contribution is -0.763. The van der Waals surface area contributed by atoms with E-state index in [9.17, 15) is 15.2 Å². The number of phenols is 1. The highest BCUT2D eigenvalue weighted by molar-refractivity contribution is 5.42. The minimum Gasteiger partial charge on any atom is -0.508 e. The normalized spacial score (nSPS) is 10.1. The van der Waals surface area contributed by atoms with Crippen molar-refractivity contribution < 1.29 is 19.8 Å². The van der Waals surface area contributed by atoms with E-state index in [0.29, 0.717) is 22.7 Å². The lowest BCUT2D eigenvalue weighted by Crippen LogP contribution is -2.05. The Balaban J connectivity index is 2.01. The summed E-state index contributed by atoms with van der Waals surface area (Å²) in [6.45, 7) is 1.74. The van der Waals surface area contributed by atoms with Crippen LogP contribution in [-0.4, -0.2) is 15.2 Å². The van der Waals surface area contributed by atoms with Gasteiger partial charge < -0.3 is 14.7 Å². The molecular weight excluding hydrogens is 276 g/mol. The molecule has 0 aliphatic carbocycles. The third-order valence-electron chi connectivity index (χ3n) is 2.81. The van der Waals surface area contributed by atoms with Crippen LogP contribution in [0.4, 0.5) is 0 Å². The van der Waals surface area contributed by atoms with Crippen molar-refractivity contribution in [2.75, 3.05) is 0 Å². The molecule has 1 N–H and O–H groups in total. The van der Waals surface area contributed by atoms with Gasteiger partial charge in [0.1, 0.15) is 24.7 Å². The monoisotopic (exact) mass is 290 g/mol. The van der Waals surface area contributed by atoms with Crippen molar-refractivity contribution in [3.05, 3.63) is 63.5 Å². The molecule has 0 radical (unpaired) electrons. The smallest absolute Gasteiger partial charge is 0.294 e. The first-order valence-corrected chi connectivity index (χ1v) is 6.20. The van der Waals surface area contributed by atoms with Gasteiger partial charge in [0.25, 0.3) is 5.09 Å². The van der Waals surface area contributed by atoms with Crippen LogP contribution < -0.4 is 4.74 Å².